The van der Waals surface area contributed by atoms with Crippen LogP contribution in [0.15, 0.2) is 12.1 Å². The molecule has 1 rings (SSSR count). The van der Waals surface area contributed by atoms with Crippen LogP contribution in [0, 0.1) is 5.82 Å². The second kappa shape index (κ2) is 4.60. The van der Waals surface area contributed by atoms with Crippen molar-refractivity contribution in [3.8, 4) is 11.5 Å². The van der Waals surface area contributed by atoms with Gasteiger partial charge in [-0.15, -0.1) is 13.2 Å². The van der Waals surface area contributed by atoms with Crippen LogP contribution in [0.4, 0.5) is 32.0 Å². The lowest BCUT2D eigenvalue weighted by atomic mass is 10.2. The topological polar surface area (TPSA) is 44.5 Å². The summed E-state index contributed by atoms with van der Waals surface area (Å²) < 4.78 is 79.3. The maximum absolute atomic E-state index is 13.0. The van der Waals surface area contributed by atoms with Gasteiger partial charge in [0, 0.05) is 0 Å². The quantitative estimate of drug-likeness (QED) is 0.672. The van der Waals surface area contributed by atoms with Crippen molar-refractivity contribution < 1.29 is 35.8 Å². The third-order valence-corrected chi connectivity index (χ3v) is 1.54. The highest BCUT2D eigenvalue weighted by atomic mass is 19.4. The Morgan fingerprint density at radius 1 is 1.18 bits per heavy atom. The third kappa shape index (κ3) is 3.61. The van der Waals surface area contributed by atoms with Gasteiger partial charge in [-0.2, -0.15) is 8.78 Å². The number of anilines is 1. The zero-order valence-corrected chi connectivity index (χ0v) is 7.89. The van der Waals surface area contributed by atoms with E-state index in [0.29, 0.717) is 12.1 Å². The first kappa shape index (κ1) is 13.3. The number of rotatable bonds is 3. The highest BCUT2D eigenvalue weighted by Crippen LogP contribution is 2.37. The minimum atomic E-state index is -5.20. The van der Waals surface area contributed by atoms with Crippen LogP contribution in [-0.4, -0.2) is 13.0 Å². The van der Waals surface area contributed by atoms with Gasteiger partial charge in [0.25, 0.3) is 0 Å². The fourth-order valence-electron chi connectivity index (χ4n) is 0.973. The molecule has 0 aliphatic heterocycles. The summed E-state index contributed by atoms with van der Waals surface area (Å²) in [7, 11) is 0. The maximum atomic E-state index is 13.0. The zero-order chi connectivity index (χ0) is 13.2. The van der Waals surface area contributed by atoms with Crippen LogP contribution in [0.1, 0.15) is 0 Å². The van der Waals surface area contributed by atoms with E-state index in [4.69, 9.17) is 5.73 Å². The number of hydrogen-bond donors (Lipinski definition) is 1. The van der Waals surface area contributed by atoms with Gasteiger partial charge in [0.2, 0.25) is 0 Å². The molecule has 0 aliphatic rings. The number of alkyl halides is 5. The largest absolute Gasteiger partial charge is 0.573 e. The van der Waals surface area contributed by atoms with Crippen LogP contribution in [-0.2, 0) is 0 Å². The van der Waals surface area contributed by atoms with Gasteiger partial charge in [0.15, 0.2) is 17.3 Å². The first-order chi connectivity index (χ1) is 7.70. The number of nitrogen functional groups attached to an aromatic ring is 1. The lowest BCUT2D eigenvalue weighted by Gasteiger charge is -2.14. The summed E-state index contributed by atoms with van der Waals surface area (Å²) in [5, 5.41) is 0. The Labute approximate surface area is 90.7 Å². The molecule has 0 spiro atoms. The molecule has 96 valence electrons. The molecule has 0 saturated heterocycles. The predicted octanol–water partition coefficient (Wildman–Crippen LogP) is 2.91. The number of nitrogens with two attached hydrogens (primary N) is 1. The molecule has 1 aromatic carbocycles. The van der Waals surface area contributed by atoms with E-state index >= 15 is 0 Å². The molecule has 0 amide bonds. The summed E-state index contributed by atoms with van der Waals surface area (Å²) in [5.74, 6) is -3.65. The average Bonchev–Trinajstić information content (AvgIpc) is 2.15. The monoisotopic (exact) mass is 261 g/mol. The first-order valence-electron chi connectivity index (χ1n) is 3.99. The molecule has 0 heterocycles. The van der Waals surface area contributed by atoms with Gasteiger partial charge in [0.05, 0.1) is 0 Å². The Hall–Kier alpha value is -1.80. The fraction of sp³-hybridized carbons (Fsp3) is 0.250. The number of ether oxygens (including phenoxy) is 2. The highest BCUT2D eigenvalue weighted by molar-refractivity contribution is 5.63. The molecular weight excluding hydrogens is 256 g/mol. The molecule has 0 bridgehead atoms. The summed E-state index contributed by atoms with van der Waals surface area (Å²) in [4.78, 5) is 0. The molecule has 0 fully saturated rings. The number of benzene rings is 1. The van der Waals surface area contributed by atoms with Gasteiger partial charge >= 0.3 is 13.0 Å². The predicted molar refractivity (Wildman–Crippen MR) is 44.1 cm³/mol. The Morgan fingerprint density at radius 3 is 2.24 bits per heavy atom. The van der Waals surface area contributed by atoms with Gasteiger partial charge < -0.3 is 15.2 Å². The van der Waals surface area contributed by atoms with E-state index in [9.17, 15) is 26.3 Å². The number of hydrogen-bond acceptors (Lipinski definition) is 3. The first-order valence-corrected chi connectivity index (χ1v) is 3.99. The van der Waals surface area contributed by atoms with Crippen LogP contribution >= 0.6 is 0 Å². The Morgan fingerprint density at radius 2 is 1.76 bits per heavy atom. The molecule has 0 atom stereocenters. The van der Waals surface area contributed by atoms with Gasteiger partial charge in [-0.1, -0.05) is 0 Å². The molecule has 9 heteroatoms. The summed E-state index contributed by atoms with van der Waals surface area (Å²) in [6.45, 7) is -3.30. The summed E-state index contributed by atoms with van der Waals surface area (Å²) >= 11 is 0. The van der Waals surface area contributed by atoms with Crippen LogP contribution in [0.3, 0.4) is 0 Å². The van der Waals surface area contributed by atoms with Crippen molar-refractivity contribution in [1.29, 1.82) is 0 Å². The molecule has 0 saturated carbocycles. The van der Waals surface area contributed by atoms with Crippen molar-refractivity contribution >= 4 is 5.69 Å². The van der Waals surface area contributed by atoms with E-state index in [0.717, 1.165) is 0 Å². The maximum Gasteiger partial charge on any atom is 0.573 e. The molecular formula is C8H5F6NO2. The van der Waals surface area contributed by atoms with E-state index < -0.39 is 36.0 Å². The van der Waals surface area contributed by atoms with E-state index in [1.807, 2.05) is 0 Å². The minimum Gasteiger partial charge on any atom is -0.432 e. The average molecular weight is 261 g/mol. The molecule has 0 radical (unpaired) electrons. The zero-order valence-electron chi connectivity index (χ0n) is 7.89. The van der Waals surface area contributed by atoms with E-state index in [1.165, 1.54) is 0 Å². The van der Waals surface area contributed by atoms with Gasteiger partial charge in [-0.3, -0.25) is 0 Å². The van der Waals surface area contributed by atoms with Gasteiger partial charge in [0.1, 0.15) is 5.69 Å². The Balaban J connectivity index is 3.11. The second-order valence-corrected chi connectivity index (χ2v) is 2.71. The normalized spacial score (nSPS) is 11.7. The highest BCUT2D eigenvalue weighted by Gasteiger charge is 2.34. The van der Waals surface area contributed by atoms with Crippen molar-refractivity contribution in [3.05, 3.63) is 17.9 Å². The standard InChI is InChI=1S/C8H5F6NO2/c9-3-1-2-4(16-7(10)11)5(15)6(3)17-8(12,13)14/h1-2,7H,15H2. The SMILES string of the molecule is Nc1c(OC(F)F)ccc(F)c1OC(F)(F)F. The minimum absolute atomic E-state index is 0.467. The van der Waals surface area contributed by atoms with Crippen molar-refractivity contribution in [2.24, 2.45) is 0 Å². The lowest BCUT2D eigenvalue weighted by molar-refractivity contribution is -0.275. The van der Waals surface area contributed by atoms with E-state index in [2.05, 4.69) is 9.47 Å². The molecule has 0 aromatic heterocycles. The van der Waals surface area contributed by atoms with Crippen molar-refractivity contribution in [2.75, 3.05) is 5.73 Å². The molecule has 0 unspecified atom stereocenters. The van der Waals surface area contributed by atoms with E-state index in [1.54, 1.807) is 0 Å². The molecule has 0 aliphatic carbocycles. The molecule has 17 heavy (non-hydrogen) atoms. The summed E-state index contributed by atoms with van der Waals surface area (Å²) in [5.41, 5.74) is 4.02. The van der Waals surface area contributed by atoms with E-state index in [-0.39, 0.29) is 0 Å². The van der Waals surface area contributed by atoms with Crippen LogP contribution < -0.4 is 15.2 Å². The molecule has 1 aromatic rings. The van der Waals surface area contributed by atoms with Gasteiger partial charge in [-0.25, -0.2) is 4.39 Å². The van der Waals surface area contributed by atoms with Crippen LogP contribution in [0.2, 0.25) is 0 Å². The summed E-state index contributed by atoms with van der Waals surface area (Å²) in [6, 6.07) is 1.13. The van der Waals surface area contributed by atoms with Crippen molar-refractivity contribution in [2.45, 2.75) is 13.0 Å². The Bertz CT molecular complexity index is 406. The van der Waals surface area contributed by atoms with Crippen molar-refractivity contribution in [3.63, 3.8) is 0 Å². The van der Waals surface area contributed by atoms with Crippen LogP contribution in [0.5, 0.6) is 11.5 Å². The lowest BCUT2D eigenvalue weighted by Crippen LogP contribution is -2.19. The summed E-state index contributed by atoms with van der Waals surface area (Å²) in [6.07, 6.45) is -5.20. The molecule has 3 nitrogen and oxygen atoms in total. The van der Waals surface area contributed by atoms with Crippen molar-refractivity contribution in [1.82, 2.24) is 0 Å². The Kier molecular flexibility index (Phi) is 3.59. The fourth-order valence-corrected chi connectivity index (χ4v) is 0.973. The van der Waals surface area contributed by atoms with Crippen LogP contribution in [0.25, 0.3) is 0 Å². The third-order valence-electron chi connectivity index (χ3n) is 1.54. The number of halogens is 6. The smallest absolute Gasteiger partial charge is 0.432 e. The van der Waals surface area contributed by atoms with Gasteiger partial charge in [-0.05, 0) is 12.1 Å². The second-order valence-electron chi connectivity index (χ2n) is 2.71. The molecule has 2 N–H and O–H groups in total.